The summed E-state index contributed by atoms with van der Waals surface area (Å²) in [6, 6.07) is 14.4. The van der Waals surface area contributed by atoms with Gasteiger partial charge in [0.2, 0.25) is 5.95 Å². The molecule has 0 amide bonds. The topological polar surface area (TPSA) is 79.3 Å². The van der Waals surface area contributed by atoms with Gasteiger partial charge in [-0.25, -0.2) is 9.97 Å². The highest BCUT2D eigenvalue weighted by Gasteiger charge is 2.23. The number of anilines is 4. The van der Waals surface area contributed by atoms with Gasteiger partial charge in [-0.3, -0.25) is 0 Å². The van der Waals surface area contributed by atoms with E-state index in [-0.39, 0.29) is 0 Å². The summed E-state index contributed by atoms with van der Waals surface area (Å²) in [6.07, 6.45) is 3.33. The Balaban J connectivity index is 1.41. The molecule has 2 aromatic heterocycles. The molecule has 0 unspecified atom stereocenters. The minimum absolute atomic E-state index is 0.584. The number of hydrogen-bond acceptors (Lipinski definition) is 8. The van der Waals surface area contributed by atoms with E-state index in [1.165, 1.54) is 11.1 Å². The number of nitrogens with one attached hydrogen (secondary N) is 1. The van der Waals surface area contributed by atoms with Gasteiger partial charge in [0.15, 0.2) is 17.0 Å². The number of piperazine rings is 1. The molecule has 8 nitrogen and oxygen atoms in total. The van der Waals surface area contributed by atoms with Crippen molar-refractivity contribution < 1.29 is 4.74 Å². The van der Waals surface area contributed by atoms with Gasteiger partial charge < -0.3 is 19.9 Å². The zero-order valence-electron chi connectivity index (χ0n) is 19.1. The third kappa shape index (κ3) is 4.24. The van der Waals surface area contributed by atoms with E-state index < -0.39 is 0 Å². The average Bonchev–Trinajstić information content (AvgIpc) is 2.86. The Morgan fingerprint density at radius 2 is 1.61 bits per heavy atom. The van der Waals surface area contributed by atoms with E-state index >= 15 is 0 Å². The lowest BCUT2D eigenvalue weighted by molar-refractivity contribution is 0.413. The third-order valence-electron chi connectivity index (χ3n) is 6.08. The second kappa shape index (κ2) is 8.90. The summed E-state index contributed by atoms with van der Waals surface area (Å²) in [4.78, 5) is 23.1. The smallest absolute Gasteiger partial charge is 0.229 e. The van der Waals surface area contributed by atoms with Crippen molar-refractivity contribution in [1.29, 1.82) is 0 Å². The van der Waals surface area contributed by atoms with Crippen molar-refractivity contribution in [2.75, 3.05) is 48.4 Å². The second-order valence-corrected chi connectivity index (χ2v) is 8.17. The molecule has 5 rings (SSSR count). The average molecular weight is 442 g/mol. The first kappa shape index (κ1) is 20.9. The second-order valence-electron chi connectivity index (χ2n) is 8.17. The van der Waals surface area contributed by atoms with Crippen molar-refractivity contribution in [2.24, 2.45) is 0 Å². The molecule has 0 spiro atoms. The normalized spacial score (nSPS) is 13.9. The highest BCUT2D eigenvalue weighted by molar-refractivity contribution is 5.85. The molecular weight excluding hydrogens is 414 g/mol. The zero-order chi connectivity index (χ0) is 22.8. The van der Waals surface area contributed by atoms with E-state index in [9.17, 15) is 0 Å². The monoisotopic (exact) mass is 441 g/mol. The number of hydrogen-bond donors (Lipinski definition) is 1. The van der Waals surface area contributed by atoms with Crippen LogP contribution in [-0.4, -0.2) is 53.2 Å². The molecular formula is C25H27N7O. The van der Waals surface area contributed by atoms with Crippen molar-refractivity contribution in [3.63, 3.8) is 0 Å². The van der Waals surface area contributed by atoms with E-state index in [0.717, 1.165) is 43.3 Å². The number of rotatable bonds is 5. The fourth-order valence-corrected chi connectivity index (χ4v) is 4.08. The van der Waals surface area contributed by atoms with Crippen LogP contribution in [0.3, 0.4) is 0 Å². The lowest BCUT2D eigenvalue weighted by atomic mass is 10.1. The number of fused-ring (bicyclic) bond motifs is 1. The van der Waals surface area contributed by atoms with Crippen molar-refractivity contribution >= 4 is 34.3 Å². The Kier molecular flexibility index (Phi) is 5.64. The summed E-state index contributed by atoms with van der Waals surface area (Å²) >= 11 is 0. The molecule has 1 aliphatic heterocycles. The Bertz CT molecular complexity index is 1280. The molecule has 4 aromatic rings. The first-order chi connectivity index (χ1) is 16.1. The molecule has 8 heteroatoms. The molecule has 33 heavy (non-hydrogen) atoms. The summed E-state index contributed by atoms with van der Waals surface area (Å²) in [5.41, 5.74) is 5.80. The van der Waals surface area contributed by atoms with Gasteiger partial charge >= 0.3 is 0 Å². The maximum Gasteiger partial charge on any atom is 0.229 e. The van der Waals surface area contributed by atoms with E-state index in [4.69, 9.17) is 14.7 Å². The number of benzene rings is 2. The molecule has 0 aliphatic carbocycles. The van der Waals surface area contributed by atoms with Crippen LogP contribution in [0, 0.1) is 13.8 Å². The van der Waals surface area contributed by atoms with Crippen LogP contribution in [0.5, 0.6) is 5.75 Å². The van der Waals surface area contributed by atoms with Gasteiger partial charge in [0.05, 0.1) is 12.8 Å². The van der Waals surface area contributed by atoms with E-state index in [1.54, 1.807) is 19.5 Å². The Labute approximate surface area is 193 Å². The van der Waals surface area contributed by atoms with Crippen LogP contribution in [-0.2, 0) is 0 Å². The number of para-hydroxylation sites is 2. The molecule has 3 heterocycles. The van der Waals surface area contributed by atoms with Crippen LogP contribution in [0.25, 0.3) is 11.2 Å². The molecule has 0 radical (unpaired) electrons. The van der Waals surface area contributed by atoms with Gasteiger partial charge in [-0.15, -0.1) is 0 Å². The minimum Gasteiger partial charge on any atom is -0.495 e. The van der Waals surface area contributed by atoms with Crippen molar-refractivity contribution in [1.82, 2.24) is 19.9 Å². The van der Waals surface area contributed by atoms with Crippen LogP contribution in [0.15, 0.2) is 54.9 Å². The molecule has 1 fully saturated rings. The third-order valence-corrected chi connectivity index (χ3v) is 6.08. The lowest BCUT2D eigenvalue weighted by Crippen LogP contribution is -2.47. The van der Waals surface area contributed by atoms with Gasteiger partial charge in [-0.1, -0.05) is 18.2 Å². The highest BCUT2D eigenvalue weighted by atomic mass is 16.5. The van der Waals surface area contributed by atoms with E-state index in [0.29, 0.717) is 22.9 Å². The summed E-state index contributed by atoms with van der Waals surface area (Å²) in [6.45, 7) is 7.50. The zero-order valence-corrected chi connectivity index (χ0v) is 19.1. The predicted molar refractivity (Wildman–Crippen MR) is 132 cm³/mol. The fourth-order valence-electron chi connectivity index (χ4n) is 4.08. The Morgan fingerprint density at radius 3 is 2.39 bits per heavy atom. The standard InChI is InChI=1S/C25H27N7O/c1-17-8-9-19(16-18(17)2)28-24-22-23(27-11-10-26-22)29-25(30-24)32-14-12-31(13-15-32)20-6-4-5-7-21(20)33-3/h4-11,16H,12-15H2,1-3H3,(H,27,28,29,30). The van der Waals surface area contributed by atoms with E-state index in [2.05, 4.69) is 63.2 Å². The van der Waals surface area contributed by atoms with Crippen LogP contribution in [0.4, 0.5) is 23.1 Å². The summed E-state index contributed by atoms with van der Waals surface area (Å²) < 4.78 is 5.54. The largest absolute Gasteiger partial charge is 0.495 e. The first-order valence-corrected chi connectivity index (χ1v) is 11.1. The van der Waals surface area contributed by atoms with Gasteiger partial charge in [0.1, 0.15) is 5.75 Å². The number of aromatic nitrogens is 4. The maximum absolute atomic E-state index is 5.54. The molecule has 168 valence electrons. The summed E-state index contributed by atoms with van der Waals surface area (Å²) in [7, 11) is 1.71. The first-order valence-electron chi connectivity index (χ1n) is 11.1. The summed E-state index contributed by atoms with van der Waals surface area (Å²) in [5, 5.41) is 3.44. The lowest BCUT2D eigenvalue weighted by Gasteiger charge is -2.36. The number of nitrogens with zero attached hydrogens (tertiary/aromatic N) is 6. The molecule has 0 saturated carbocycles. The van der Waals surface area contributed by atoms with Crippen LogP contribution in [0.2, 0.25) is 0 Å². The molecule has 0 bridgehead atoms. The van der Waals surface area contributed by atoms with Gasteiger partial charge in [0.25, 0.3) is 0 Å². The van der Waals surface area contributed by atoms with Crippen LogP contribution >= 0.6 is 0 Å². The SMILES string of the molecule is COc1ccccc1N1CCN(c2nc(Nc3ccc(C)c(C)c3)c3nccnc3n2)CC1. The fraction of sp³-hybridized carbons (Fsp3) is 0.280. The Morgan fingerprint density at radius 1 is 0.848 bits per heavy atom. The molecule has 1 saturated heterocycles. The Hall–Kier alpha value is -3.94. The van der Waals surface area contributed by atoms with Crippen molar-refractivity contribution in [2.45, 2.75) is 13.8 Å². The molecule has 2 aromatic carbocycles. The van der Waals surface area contributed by atoms with Gasteiger partial charge in [-0.2, -0.15) is 9.97 Å². The number of ether oxygens (including phenoxy) is 1. The van der Waals surface area contributed by atoms with Crippen LogP contribution < -0.4 is 19.9 Å². The van der Waals surface area contributed by atoms with Crippen molar-refractivity contribution in [3.8, 4) is 5.75 Å². The molecule has 1 N–H and O–H groups in total. The minimum atomic E-state index is 0.584. The number of aryl methyl sites for hydroxylation is 2. The maximum atomic E-state index is 5.54. The quantitative estimate of drug-likeness (QED) is 0.496. The molecule has 1 aliphatic rings. The summed E-state index contributed by atoms with van der Waals surface area (Å²) in [5.74, 6) is 2.22. The highest BCUT2D eigenvalue weighted by Crippen LogP contribution is 2.30. The van der Waals surface area contributed by atoms with Gasteiger partial charge in [-0.05, 0) is 49.2 Å². The molecule has 0 atom stereocenters. The van der Waals surface area contributed by atoms with Gasteiger partial charge in [0, 0.05) is 44.3 Å². The van der Waals surface area contributed by atoms with Crippen molar-refractivity contribution in [3.05, 3.63) is 66.0 Å². The number of methoxy groups -OCH3 is 1. The van der Waals surface area contributed by atoms with E-state index in [1.807, 2.05) is 18.2 Å². The van der Waals surface area contributed by atoms with Crippen LogP contribution in [0.1, 0.15) is 11.1 Å². The predicted octanol–water partition coefficient (Wildman–Crippen LogP) is 4.12.